The van der Waals surface area contributed by atoms with Crippen LogP contribution in [0.4, 0.5) is 0 Å². The number of amides is 1. The first kappa shape index (κ1) is 14.5. The molecule has 0 saturated carbocycles. The first-order chi connectivity index (χ1) is 9.24. The summed E-state index contributed by atoms with van der Waals surface area (Å²) >= 11 is 1.59. The summed E-state index contributed by atoms with van der Waals surface area (Å²) in [5.74, 6) is 0.144. The fraction of sp³-hybridized carbons (Fsp3) is 0.643. The Bertz CT molecular complexity index is 411. The molecule has 0 aliphatic carbocycles. The molecule has 0 atom stereocenters. The molecule has 0 aromatic carbocycles. The van der Waals surface area contributed by atoms with Crippen LogP contribution in [0.2, 0.25) is 0 Å². The third kappa shape index (κ3) is 3.78. The number of likely N-dealkylation sites (tertiary alicyclic amines) is 1. The van der Waals surface area contributed by atoms with Gasteiger partial charge < -0.3 is 14.7 Å². The van der Waals surface area contributed by atoms with Crippen LogP contribution in [0.1, 0.15) is 34.3 Å². The lowest BCUT2D eigenvalue weighted by molar-refractivity contribution is -0.00545. The zero-order valence-corrected chi connectivity index (χ0v) is 12.1. The van der Waals surface area contributed by atoms with Crippen LogP contribution in [0.15, 0.2) is 12.1 Å². The third-order valence-electron chi connectivity index (χ3n) is 3.39. The second-order valence-electron chi connectivity index (χ2n) is 4.71. The number of carbonyl (C=O) groups excluding carboxylic acids is 1. The normalized spacial score (nSPS) is 16.8. The fourth-order valence-electron chi connectivity index (χ4n) is 2.28. The van der Waals surface area contributed by atoms with Crippen LogP contribution in [-0.2, 0) is 11.2 Å². The number of piperidine rings is 1. The average Bonchev–Trinajstić information content (AvgIpc) is 2.94. The number of rotatable bonds is 5. The first-order valence-corrected chi connectivity index (χ1v) is 7.66. The van der Waals surface area contributed by atoms with Crippen LogP contribution in [-0.4, -0.2) is 48.3 Å². The van der Waals surface area contributed by atoms with Crippen LogP contribution >= 0.6 is 11.3 Å². The molecule has 0 bridgehead atoms. The summed E-state index contributed by atoms with van der Waals surface area (Å²) in [4.78, 5) is 16.3. The van der Waals surface area contributed by atoms with Gasteiger partial charge in [0.25, 0.3) is 5.91 Å². The topological polar surface area (TPSA) is 49.8 Å². The second-order valence-corrected chi connectivity index (χ2v) is 5.87. The van der Waals surface area contributed by atoms with Gasteiger partial charge in [-0.3, -0.25) is 4.79 Å². The van der Waals surface area contributed by atoms with Crippen molar-refractivity contribution in [2.24, 2.45) is 0 Å². The van der Waals surface area contributed by atoms with Crippen molar-refractivity contribution in [1.82, 2.24) is 4.90 Å². The van der Waals surface area contributed by atoms with Crippen molar-refractivity contribution in [1.29, 1.82) is 0 Å². The molecule has 1 fully saturated rings. The second kappa shape index (κ2) is 7.03. The van der Waals surface area contributed by atoms with Crippen molar-refractivity contribution in [3.8, 4) is 0 Å². The van der Waals surface area contributed by atoms with Gasteiger partial charge in [0, 0.05) is 18.0 Å². The van der Waals surface area contributed by atoms with Crippen LogP contribution in [0, 0.1) is 0 Å². The SMILES string of the molecule is CCc1ccc(C(=O)N2CCC(OCCO)CC2)s1. The van der Waals surface area contributed by atoms with Crippen LogP contribution < -0.4 is 0 Å². The van der Waals surface area contributed by atoms with Gasteiger partial charge >= 0.3 is 0 Å². The average molecular weight is 283 g/mol. The Balaban J connectivity index is 1.85. The summed E-state index contributed by atoms with van der Waals surface area (Å²) in [6, 6.07) is 3.97. The van der Waals surface area contributed by atoms with Crippen molar-refractivity contribution in [3.05, 3.63) is 21.9 Å². The first-order valence-electron chi connectivity index (χ1n) is 6.85. The Hall–Kier alpha value is -0.910. The van der Waals surface area contributed by atoms with Gasteiger partial charge in [-0.05, 0) is 31.4 Å². The molecule has 1 aromatic heterocycles. The number of ether oxygens (including phenoxy) is 1. The van der Waals surface area contributed by atoms with Crippen LogP contribution in [0.25, 0.3) is 0 Å². The van der Waals surface area contributed by atoms with Crippen molar-refractivity contribution < 1.29 is 14.6 Å². The molecule has 0 spiro atoms. The van der Waals surface area contributed by atoms with Gasteiger partial charge in [-0.25, -0.2) is 0 Å². The monoisotopic (exact) mass is 283 g/mol. The molecule has 1 aliphatic heterocycles. The van der Waals surface area contributed by atoms with Crippen molar-refractivity contribution in [3.63, 3.8) is 0 Å². The van der Waals surface area contributed by atoms with Gasteiger partial charge in [0.2, 0.25) is 0 Å². The van der Waals surface area contributed by atoms with E-state index in [2.05, 4.69) is 6.92 Å². The lowest BCUT2D eigenvalue weighted by Crippen LogP contribution is -2.40. The van der Waals surface area contributed by atoms with E-state index in [9.17, 15) is 4.79 Å². The van der Waals surface area contributed by atoms with E-state index < -0.39 is 0 Å². The zero-order chi connectivity index (χ0) is 13.7. The summed E-state index contributed by atoms with van der Waals surface area (Å²) in [6.07, 6.45) is 2.88. The summed E-state index contributed by atoms with van der Waals surface area (Å²) in [5, 5.41) is 8.72. The minimum absolute atomic E-state index is 0.0636. The number of nitrogens with zero attached hydrogens (tertiary/aromatic N) is 1. The van der Waals surface area contributed by atoms with Crippen molar-refractivity contribution in [2.45, 2.75) is 32.3 Å². The summed E-state index contributed by atoms with van der Waals surface area (Å²) in [5.41, 5.74) is 0. The lowest BCUT2D eigenvalue weighted by atomic mass is 10.1. The molecule has 19 heavy (non-hydrogen) atoms. The van der Waals surface area contributed by atoms with E-state index in [1.165, 1.54) is 4.88 Å². The highest BCUT2D eigenvalue weighted by Gasteiger charge is 2.24. The van der Waals surface area contributed by atoms with E-state index in [1.807, 2.05) is 17.0 Å². The molecular formula is C14H21NO3S. The Morgan fingerprint density at radius 2 is 2.21 bits per heavy atom. The maximum Gasteiger partial charge on any atom is 0.263 e. The Labute approximate surface area is 118 Å². The molecule has 1 saturated heterocycles. The van der Waals surface area contributed by atoms with Crippen LogP contribution in [0.5, 0.6) is 0 Å². The van der Waals surface area contributed by atoms with Gasteiger partial charge in [0.15, 0.2) is 0 Å². The molecule has 5 heteroatoms. The van der Waals surface area contributed by atoms with E-state index in [1.54, 1.807) is 11.3 Å². The van der Waals surface area contributed by atoms with Gasteiger partial charge in [0.05, 0.1) is 24.2 Å². The molecule has 4 nitrogen and oxygen atoms in total. The molecular weight excluding hydrogens is 262 g/mol. The number of thiophene rings is 1. The minimum Gasteiger partial charge on any atom is -0.394 e. The molecule has 2 heterocycles. The van der Waals surface area contributed by atoms with E-state index in [0.29, 0.717) is 6.61 Å². The molecule has 0 unspecified atom stereocenters. The summed E-state index contributed by atoms with van der Waals surface area (Å²) < 4.78 is 5.50. The third-order valence-corrected chi connectivity index (χ3v) is 4.61. The molecule has 1 aliphatic rings. The van der Waals surface area contributed by atoms with E-state index in [0.717, 1.165) is 37.2 Å². The Kier molecular flexibility index (Phi) is 5.36. The number of hydrogen-bond donors (Lipinski definition) is 1. The highest BCUT2D eigenvalue weighted by molar-refractivity contribution is 7.14. The minimum atomic E-state index is 0.0636. The lowest BCUT2D eigenvalue weighted by Gasteiger charge is -2.31. The van der Waals surface area contributed by atoms with Gasteiger partial charge in [-0.15, -0.1) is 11.3 Å². The standard InChI is InChI=1S/C14H21NO3S/c1-2-12-3-4-13(19-12)14(17)15-7-5-11(6-8-15)18-10-9-16/h3-4,11,16H,2,5-10H2,1H3. The van der Waals surface area contributed by atoms with E-state index >= 15 is 0 Å². The Morgan fingerprint density at radius 1 is 1.47 bits per heavy atom. The largest absolute Gasteiger partial charge is 0.394 e. The smallest absolute Gasteiger partial charge is 0.263 e. The quantitative estimate of drug-likeness (QED) is 0.898. The number of hydrogen-bond acceptors (Lipinski definition) is 4. The Morgan fingerprint density at radius 3 is 2.79 bits per heavy atom. The maximum absolute atomic E-state index is 12.3. The molecule has 1 N–H and O–H groups in total. The van der Waals surface area contributed by atoms with E-state index in [-0.39, 0.29) is 18.6 Å². The number of aryl methyl sites for hydroxylation is 1. The van der Waals surface area contributed by atoms with Crippen molar-refractivity contribution >= 4 is 17.2 Å². The molecule has 106 valence electrons. The van der Waals surface area contributed by atoms with Gasteiger partial charge in [0.1, 0.15) is 0 Å². The number of carbonyl (C=O) groups is 1. The highest BCUT2D eigenvalue weighted by atomic mass is 32.1. The molecule has 0 radical (unpaired) electrons. The predicted molar refractivity (Wildman–Crippen MR) is 75.7 cm³/mol. The van der Waals surface area contributed by atoms with Crippen molar-refractivity contribution in [2.75, 3.05) is 26.3 Å². The fourth-order valence-corrected chi connectivity index (χ4v) is 3.20. The van der Waals surface area contributed by atoms with E-state index in [4.69, 9.17) is 9.84 Å². The summed E-state index contributed by atoms with van der Waals surface area (Å²) in [7, 11) is 0. The number of aliphatic hydroxyl groups is 1. The molecule has 2 rings (SSSR count). The summed E-state index contributed by atoms with van der Waals surface area (Å²) in [6.45, 7) is 4.05. The maximum atomic E-state index is 12.3. The van der Waals surface area contributed by atoms with Gasteiger partial charge in [-0.2, -0.15) is 0 Å². The molecule has 1 aromatic rings. The zero-order valence-electron chi connectivity index (χ0n) is 11.3. The number of aliphatic hydroxyl groups excluding tert-OH is 1. The van der Waals surface area contributed by atoms with Crippen LogP contribution in [0.3, 0.4) is 0 Å². The predicted octanol–water partition coefficient (Wildman–Crippen LogP) is 1.92. The highest BCUT2D eigenvalue weighted by Crippen LogP contribution is 2.21. The molecule has 1 amide bonds. The van der Waals surface area contributed by atoms with Gasteiger partial charge in [-0.1, -0.05) is 6.92 Å².